The fourth-order valence-corrected chi connectivity index (χ4v) is 1.41. The van der Waals surface area contributed by atoms with Gasteiger partial charge in [-0.3, -0.25) is 19.3 Å². The van der Waals surface area contributed by atoms with Crippen molar-refractivity contribution >= 4 is 30.2 Å². The Kier molecular flexibility index (Phi) is 6.45. The summed E-state index contributed by atoms with van der Waals surface area (Å²) in [6, 6.07) is -0.872. The van der Waals surface area contributed by atoms with Gasteiger partial charge in [0.05, 0.1) is 0 Å². The summed E-state index contributed by atoms with van der Waals surface area (Å²) >= 11 is 0. The topological polar surface area (TPSA) is 101 Å². The molecule has 2 amide bonds. The van der Waals surface area contributed by atoms with Gasteiger partial charge in [-0.1, -0.05) is 0 Å². The average Bonchev–Trinajstić information content (AvgIpc) is 2.54. The molecule has 0 aromatic rings. The van der Waals surface area contributed by atoms with Gasteiger partial charge in [-0.2, -0.15) is 0 Å². The summed E-state index contributed by atoms with van der Waals surface area (Å²) in [5.41, 5.74) is 5.31. The number of carbonyl (C=O) groups excluding carboxylic acids is 2. The lowest BCUT2D eigenvalue weighted by Crippen LogP contribution is -2.32. The third kappa shape index (κ3) is 4.54. The Bertz CT molecular complexity index is 325. The quantitative estimate of drug-likeness (QED) is 0.515. The van der Waals surface area contributed by atoms with E-state index in [0.717, 1.165) is 4.90 Å². The lowest BCUT2D eigenvalue weighted by atomic mass is 10.1. The van der Waals surface area contributed by atoms with Crippen molar-refractivity contribution in [1.29, 1.82) is 0 Å². The molecule has 17 heavy (non-hydrogen) atoms. The fourth-order valence-electron chi connectivity index (χ4n) is 1.41. The molecule has 0 unspecified atom stereocenters. The van der Waals surface area contributed by atoms with Crippen molar-refractivity contribution < 1.29 is 19.5 Å². The van der Waals surface area contributed by atoms with Gasteiger partial charge >= 0.3 is 5.97 Å². The summed E-state index contributed by atoms with van der Waals surface area (Å²) in [5.74, 6) is -1.66. The van der Waals surface area contributed by atoms with Gasteiger partial charge in [0.25, 0.3) is 11.8 Å². The van der Waals surface area contributed by atoms with Crippen molar-refractivity contribution in [3.05, 3.63) is 12.2 Å². The number of amides is 2. The monoisotopic (exact) mass is 262 g/mol. The Labute approximate surface area is 105 Å². The van der Waals surface area contributed by atoms with E-state index in [4.69, 9.17) is 10.8 Å². The molecule has 0 fully saturated rings. The van der Waals surface area contributed by atoms with Gasteiger partial charge in [-0.25, -0.2) is 0 Å². The van der Waals surface area contributed by atoms with Gasteiger partial charge in [0.2, 0.25) is 0 Å². The molecule has 0 aliphatic carbocycles. The molecule has 0 radical (unpaired) electrons. The largest absolute Gasteiger partial charge is 0.480 e. The number of rotatable bonds is 6. The van der Waals surface area contributed by atoms with Crippen molar-refractivity contribution in [3.63, 3.8) is 0 Å². The van der Waals surface area contributed by atoms with Gasteiger partial charge < -0.3 is 10.8 Å². The zero-order valence-electron chi connectivity index (χ0n) is 9.17. The first-order valence-electron chi connectivity index (χ1n) is 5.04. The molecule has 6 nitrogen and oxygen atoms in total. The summed E-state index contributed by atoms with van der Waals surface area (Å²) in [5, 5.41) is 8.52. The highest BCUT2D eigenvalue weighted by atomic mass is 35.5. The van der Waals surface area contributed by atoms with Crippen molar-refractivity contribution in [1.82, 2.24) is 4.90 Å². The number of hydrogen-bond donors (Lipinski definition) is 2. The normalized spacial score (nSPS) is 15.9. The maximum absolute atomic E-state index is 11.1. The molecule has 0 saturated carbocycles. The third-order valence-electron chi connectivity index (χ3n) is 2.36. The van der Waals surface area contributed by atoms with Crippen LogP contribution in [0.1, 0.15) is 19.3 Å². The highest BCUT2D eigenvalue weighted by molar-refractivity contribution is 6.12. The molecule has 0 saturated heterocycles. The molecule has 0 aromatic carbocycles. The third-order valence-corrected chi connectivity index (χ3v) is 2.36. The number of unbranched alkanes of at least 4 members (excludes halogenated alkanes) is 1. The molecule has 0 bridgehead atoms. The van der Waals surface area contributed by atoms with E-state index >= 15 is 0 Å². The number of nitrogens with zero attached hydrogens (tertiary/aromatic N) is 1. The van der Waals surface area contributed by atoms with Gasteiger partial charge in [-0.15, -0.1) is 12.4 Å². The summed E-state index contributed by atoms with van der Waals surface area (Å²) in [4.78, 5) is 33.8. The first kappa shape index (κ1) is 15.6. The molecule has 7 heteroatoms. The summed E-state index contributed by atoms with van der Waals surface area (Å²) in [7, 11) is 0. The van der Waals surface area contributed by atoms with Gasteiger partial charge in [-0.05, 0) is 19.3 Å². The number of carboxylic acids is 1. The van der Waals surface area contributed by atoms with E-state index in [1.165, 1.54) is 12.2 Å². The molecule has 96 valence electrons. The SMILES string of the molecule is Cl.N[C@@H](CCCCN1C(=O)C=CC1=O)C(=O)O. The molecule has 0 spiro atoms. The first-order chi connectivity index (χ1) is 7.52. The summed E-state index contributed by atoms with van der Waals surface area (Å²) in [6.45, 7) is 0.316. The number of halogens is 1. The number of imide groups is 1. The lowest BCUT2D eigenvalue weighted by molar-refractivity contribution is -0.139. The van der Waals surface area contributed by atoms with Crippen LogP contribution in [0.3, 0.4) is 0 Å². The maximum Gasteiger partial charge on any atom is 0.320 e. The number of aliphatic carboxylic acids is 1. The van der Waals surface area contributed by atoms with Crippen LogP contribution in [0.25, 0.3) is 0 Å². The van der Waals surface area contributed by atoms with Crippen LogP contribution >= 0.6 is 12.4 Å². The van der Waals surface area contributed by atoms with Crippen molar-refractivity contribution in [2.75, 3.05) is 6.54 Å². The number of hydrogen-bond acceptors (Lipinski definition) is 4. The minimum absolute atomic E-state index is 0. The van der Waals surface area contributed by atoms with Crippen LogP contribution in [-0.4, -0.2) is 40.4 Å². The molecule has 1 aliphatic heterocycles. The van der Waals surface area contributed by atoms with Crippen LogP contribution in [0, 0.1) is 0 Å². The molecule has 1 atom stereocenters. The maximum atomic E-state index is 11.1. The van der Waals surface area contributed by atoms with E-state index in [-0.39, 0.29) is 24.2 Å². The van der Waals surface area contributed by atoms with E-state index < -0.39 is 12.0 Å². The molecule has 3 N–H and O–H groups in total. The van der Waals surface area contributed by atoms with Crippen molar-refractivity contribution in [3.8, 4) is 0 Å². The van der Waals surface area contributed by atoms with Crippen LogP contribution in [0.15, 0.2) is 12.2 Å². The second kappa shape index (κ2) is 7.03. The van der Waals surface area contributed by atoms with E-state index in [1.807, 2.05) is 0 Å². The first-order valence-corrected chi connectivity index (χ1v) is 5.04. The highest BCUT2D eigenvalue weighted by Gasteiger charge is 2.22. The standard InChI is InChI=1S/C10H14N2O4.ClH/c11-7(10(15)16)3-1-2-6-12-8(13)4-5-9(12)14;/h4-5,7H,1-3,6,11H2,(H,15,16);1H/t7-;/m0./s1. The Hall–Kier alpha value is -1.40. The van der Waals surface area contributed by atoms with E-state index in [2.05, 4.69) is 0 Å². The Morgan fingerprint density at radius 2 is 1.82 bits per heavy atom. The Balaban J connectivity index is 0.00000256. The van der Waals surface area contributed by atoms with Crippen LogP contribution in [0.4, 0.5) is 0 Å². The molecular weight excluding hydrogens is 248 g/mol. The molecule has 1 rings (SSSR count). The lowest BCUT2D eigenvalue weighted by Gasteiger charge is -2.13. The van der Waals surface area contributed by atoms with E-state index in [9.17, 15) is 14.4 Å². The van der Waals surface area contributed by atoms with Crippen LogP contribution in [0.2, 0.25) is 0 Å². The zero-order chi connectivity index (χ0) is 12.1. The summed E-state index contributed by atoms with van der Waals surface area (Å²) in [6.07, 6.45) is 3.94. The van der Waals surface area contributed by atoms with Gasteiger partial charge in [0, 0.05) is 18.7 Å². The van der Waals surface area contributed by atoms with Crippen LogP contribution < -0.4 is 5.73 Å². The fraction of sp³-hybridized carbons (Fsp3) is 0.500. The molecule has 1 aliphatic rings. The zero-order valence-corrected chi connectivity index (χ0v) is 9.98. The van der Waals surface area contributed by atoms with Gasteiger partial charge in [0.1, 0.15) is 6.04 Å². The number of carbonyl (C=O) groups is 3. The average molecular weight is 263 g/mol. The van der Waals surface area contributed by atoms with Crippen molar-refractivity contribution in [2.24, 2.45) is 5.73 Å². The number of carboxylic acid groups (broad SMARTS) is 1. The Morgan fingerprint density at radius 1 is 1.29 bits per heavy atom. The van der Waals surface area contributed by atoms with Crippen molar-refractivity contribution in [2.45, 2.75) is 25.3 Å². The van der Waals surface area contributed by atoms with E-state index in [1.54, 1.807) is 0 Å². The number of nitrogens with two attached hydrogens (primary N) is 1. The minimum Gasteiger partial charge on any atom is -0.480 e. The molecule has 0 aromatic heterocycles. The molecular formula is C10H15ClN2O4. The predicted molar refractivity (Wildman–Crippen MR) is 62.6 cm³/mol. The molecule has 1 heterocycles. The second-order valence-corrected chi connectivity index (χ2v) is 3.60. The predicted octanol–water partition coefficient (Wildman–Crippen LogP) is -0.0846. The van der Waals surface area contributed by atoms with Gasteiger partial charge in [0.15, 0.2) is 0 Å². The highest BCUT2D eigenvalue weighted by Crippen LogP contribution is 2.07. The Morgan fingerprint density at radius 3 is 2.29 bits per heavy atom. The summed E-state index contributed by atoms with van der Waals surface area (Å²) < 4.78 is 0. The van der Waals surface area contributed by atoms with Crippen LogP contribution in [-0.2, 0) is 14.4 Å². The second-order valence-electron chi connectivity index (χ2n) is 3.60. The van der Waals surface area contributed by atoms with Crippen LogP contribution in [0.5, 0.6) is 0 Å². The van der Waals surface area contributed by atoms with E-state index in [0.29, 0.717) is 25.8 Å². The smallest absolute Gasteiger partial charge is 0.320 e. The minimum atomic E-state index is -1.03.